The molecule has 4 nitrogen and oxygen atoms in total. The molecule has 1 N–H and O–H groups in total. The van der Waals surface area contributed by atoms with Gasteiger partial charge in [-0.3, -0.25) is 9.69 Å². The summed E-state index contributed by atoms with van der Waals surface area (Å²) >= 11 is 0. The van der Waals surface area contributed by atoms with Gasteiger partial charge < -0.3 is 9.84 Å². The second kappa shape index (κ2) is 7.14. The van der Waals surface area contributed by atoms with Gasteiger partial charge in [-0.25, -0.2) is 0 Å². The number of ether oxygens (including phenoxy) is 1. The molecular weight excluding hydrogens is 242 g/mol. The van der Waals surface area contributed by atoms with Crippen molar-refractivity contribution in [1.82, 2.24) is 4.90 Å². The summed E-state index contributed by atoms with van der Waals surface area (Å²) in [6.45, 7) is 4.50. The topological polar surface area (TPSA) is 49.8 Å². The summed E-state index contributed by atoms with van der Waals surface area (Å²) in [6, 6.07) is 5.71. The van der Waals surface area contributed by atoms with Crippen LogP contribution in [0.25, 0.3) is 0 Å². The first-order chi connectivity index (χ1) is 8.99. The van der Waals surface area contributed by atoms with Crippen LogP contribution in [0, 0.1) is 0 Å². The lowest BCUT2D eigenvalue weighted by atomic mass is 10.0. The molecule has 106 valence electrons. The Kier molecular flexibility index (Phi) is 5.83. The van der Waals surface area contributed by atoms with Crippen LogP contribution in [0.2, 0.25) is 0 Å². The Balaban J connectivity index is 2.73. The molecule has 0 spiro atoms. The molecule has 0 radical (unpaired) electrons. The monoisotopic (exact) mass is 265 g/mol. The third-order valence-electron chi connectivity index (χ3n) is 3.51. The summed E-state index contributed by atoms with van der Waals surface area (Å²) in [5.41, 5.74) is 2.40. The number of aliphatic carboxylic acids is 1. The number of carbonyl (C=O) groups is 1. The van der Waals surface area contributed by atoms with Crippen molar-refractivity contribution in [3.63, 3.8) is 0 Å². The van der Waals surface area contributed by atoms with E-state index >= 15 is 0 Å². The summed E-state index contributed by atoms with van der Waals surface area (Å²) in [5.74, 6) is 0.0744. The van der Waals surface area contributed by atoms with Crippen LogP contribution >= 0.6 is 0 Å². The van der Waals surface area contributed by atoms with E-state index in [1.165, 1.54) is 5.56 Å². The van der Waals surface area contributed by atoms with Crippen LogP contribution in [0.3, 0.4) is 0 Å². The smallest absolute Gasteiger partial charge is 0.320 e. The van der Waals surface area contributed by atoms with Gasteiger partial charge in [0.15, 0.2) is 0 Å². The fourth-order valence-electron chi connectivity index (χ4n) is 1.93. The van der Waals surface area contributed by atoms with E-state index in [1.54, 1.807) is 14.0 Å². The molecule has 0 aliphatic rings. The first-order valence-corrected chi connectivity index (χ1v) is 6.58. The van der Waals surface area contributed by atoms with Crippen molar-refractivity contribution in [2.75, 3.05) is 20.7 Å². The third kappa shape index (κ3) is 4.24. The number of benzene rings is 1. The second-order valence-electron chi connectivity index (χ2n) is 4.74. The van der Waals surface area contributed by atoms with Crippen molar-refractivity contribution >= 4 is 5.97 Å². The van der Waals surface area contributed by atoms with Gasteiger partial charge in [0.05, 0.1) is 7.11 Å². The lowest BCUT2D eigenvalue weighted by molar-refractivity contribution is -0.142. The molecule has 1 aromatic rings. The van der Waals surface area contributed by atoms with Gasteiger partial charge >= 0.3 is 5.97 Å². The zero-order chi connectivity index (χ0) is 14.4. The van der Waals surface area contributed by atoms with Crippen LogP contribution in [-0.4, -0.2) is 42.7 Å². The minimum Gasteiger partial charge on any atom is -0.496 e. The molecule has 19 heavy (non-hydrogen) atoms. The van der Waals surface area contributed by atoms with Crippen molar-refractivity contribution in [3.8, 4) is 5.75 Å². The van der Waals surface area contributed by atoms with Crippen molar-refractivity contribution in [1.29, 1.82) is 0 Å². The van der Waals surface area contributed by atoms with Crippen LogP contribution in [0.15, 0.2) is 18.2 Å². The zero-order valence-corrected chi connectivity index (χ0v) is 12.1. The van der Waals surface area contributed by atoms with Crippen molar-refractivity contribution in [2.24, 2.45) is 0 Å². The Bertz CT molecular complexity index is 431. The van der Waals surface area contributed by atoms with Crippen LogP contribution in [0.4, 0.5) is 0 Å². The maximum absolute atomic E-state index is 10.9. The molecule has 0 bridgehead atoms. The molecule has 0 aromatic heterocycles. The number of likely N-dealkylation sites (N-methyl/N-ethyl adjacent to an activating group) is 1. The molecule has 1 atom stereocenters. The maximum atomic E-state index is 10.9. The van der Waals surface area contributed by atoms with E-state index in [0.29, 0.717) is 6.54 Å². The molecule has 0 aliphatic carbocycles. The normalized spacial score (nSPS) is 12.5. The summed E-state index contributed by atoms with van der Waals surface area (Å²) < 4.78 is 5.35. The second-order valence-corrected chi connectivity index (χ2v) is 4.74. The van der Waals surface area contributed by atoms with E-state index in [4.69, 9.17) is 9.84 Å². The van der Waals surface area contributed by atoms with Crippen LogP contribution in [0.1, 0.15) is 25.0 Å². The van der Waals surface area contributed by atoms with Crippen LogP contribution in [0.5, 0.6) is 5.75 Å². The Morgan fingerprint density at radius 2 is 2.16 bits per heavy atom. The molecule has 1 aromatic carbocycles. The van der Waals surface area contributed by atoms with Gasteiger partial charge in [-0.1, -0.05) is 19.1 Å². The molecule has 1 rings (SSSR count). The summed E-state index contributed by atoms with van der Waals surface area (Å²) in [6.07, 6.45) is 1.77. The van der Waals surface area contributed by atoms with Crippen LogP contribution in [-0.2, 0) is 17.6 Å². The maximum Gasteiger partial charge on any atom is 0.320 e. The molecule has 4 heteroatoms. The van der Waals surface area contributed by atoms with Crippen molar-refractivity contribution in [2.45, 2.75) is 32.7 Å². The Labute approximate surface area is 115 Å². The predicted molar refractivity (Wildman–Crippen MR) is 75.8 cm³/mol. The van der Waals surface area contributed by atoms with Gasteiger partial charge in [0.2, 0.25) is 0 Å². The van der Waals surface area contributed by atoms with E-state index in [-0.39, 0.29) is 0 Å². The average Bonchev–Trinajstić information content (AvgIpc) is 2.43. The molecule has 0 fully saturated rings. The largest absolute Gasteiger partial charge is 0.496 e. The molecule has 0 heterocycles. The average molecular weight is 265 g/mol. The molecule has 0 amide bonds. The van der Waals surface area contributed by atoms with Crippen molar-refractivity contribution in [3.05, 3.63) is 29.3 Å². The number of methoxy groups -OCH3 is 1. The summed E-state index contributed by atoms with van der Waals surface area (Å²) in [4.78, 5) is 12.7. The molecule has 0 saturated heterocycles. The number of hydrogen-bond donors (Lipinski definition) is 1. The fourth-order valence-corrected chi connectivity index (χ4v) is 1.93. The summed E-state index contributed by atoms with van der Waals surface area (Å²) in [7, 11) is 3.49. The van der Waals surface area contributed by atoms with E-state index in [9.17, 15) is 4.79 Å². The van der Waals surface area contributed by atoms with E-state index in [0.717, 1.165) is 24.2 Å². The number of rotatable bonds is 7. The Hall–Kier alpha value is -1.55. The molecule has 0 aliphatic heterocycles. The number of carboxylic acid groups (broad SMARTS) is 1. The molecule has 0 saturated carbocycles. The zero-order valence-electron chi connectivity index (χ0n) is 12.1. The van der Waals surface area contributed by atoms with E-state index in [1.807, 2.05) is 18.0 Å². The number of aryl methyl sites for hydroxylation is 1. The highest BCUT2D eigenvalue weighted by Crippen LogP contribution is 2.21. The van der Waals surface area contributed by atoms with E-state index in [2.05, 4.69) is 19.1 Å². The minimum atomic E-state index is -0.795. The van der Waals surface area contributed by atoms with Crippen LogP contribution < -0.4 is 4.74 Å². The fraction of sp³-hybridized carbons (Fsp3) is 0.533. The molecular formula is C15H23NO3. The Morgan fingerprint density at radius 3 is 2.68 bits per heavy atom. The van der Waals surface area contributed by atoms with E-state index < -0.39 is 12.0 Å². The quantitative estimate of drug-likeness (QED) is 0.821. The number of carboxylic acids is 1. The highest BCUT2D eigenvalue weighted by Gasteiger charge is 2.16. The summed E-state index contributed by atoms with van der Waals surface area (Å²) in [5, 5.41) is 8.97. The van der Waals surface area contributed by atoms with Crippen molar-refractivity contribution < 1.29 is 14.6 Å². The highest BCUT2D eigenvalue weighted by molar-refractivity contribution is 5.72. The van der Waals surface area contributed by atoms with Gasteiger partial charge in [-0.05, 0) is 44.0 Å². The van der Waals surface area contributed by atoms with Gasteiger partial charge in [0.25, 0.3) is 0 Å². The third-order valence-corrected chi connectivity index (χ3v) is 3.51. The van der Waals surface area contributed by atoms with Gasteiger partial charge in [-0.15, -0.1) is 0 Å². The lowest BCUT2D eigenvalue weighted by Gasteiger charge is -2.21. The van der Waals surface area contributed by atoms with Gasteiger partial charge in [0.1, 0.15) is 11.8 Å². The lowest BCUT2D eigenvalue weighted by Crippen LogP contribution is -2.37. The Morgan fingerprint density at radius 1 is 1.47 bits per heavy atom. The minimum absolute atomic E-state index is 0.472. The number of nitrogens with zero attached hydrogens (tertiary/aromatic N) is 1. The van der Waals surface area contributed by atoms with Gasteiger partial charge in [0, 0.05) is 6.54 Å². The number of hydrogen-bond acceptors (Lipinski definition) is 3. The standard InChI is InChI=1S/C15H23NO3/c1-5-12-6-7-14(19-4)13(10-12)8-9-16(3)11(2)15(17)18/h6-7,10-11H,5,8-9H2,1-4H3,(H,17,18). The molecule has 1 unspecified atom stereocenters. The first-order valence-electron chi connectivity index (χ1n) is 6.58. The highest BCUT2D eigenvalue weighted by atomic mass is 16.5. The predicted octanol–water partition coefficient (Wildman–Crippen LogP) is 2.21. The SMILES string of the molecule is CCc1ccc(OC)c(CCN(C)C(C)C(=O)O)c1. The van der Waals surface area contributed by atoms with Gasteiger partial charge in [-0.2, -0.15) is 0 Å². The first kappa shape index (κ1) is 15.5.